The largest absolute Gasteiger partial charge is 0.345 e. The van der Waals surface area contributed by atoms with Gasteiger partial charge in [0.1, 0.15) is 0 Å². The van der Waals surface area contributed by atoms with Crippen molar-refractivity contribution in [2.45, 2.75) is 19.9 Å². The first kappa shape index (κ1) is 13.3. The molecule has 0 unspecified atom stereocenters. The summed E-state index contributed by atoms with van der Waals surface area (Å²) < 4.78 is 1.63. The third kappa shape index (κ3) is 3.22. The molecule has 0 radical (unpaired) electrons. The van der Waals surface area contributed by atoms with Gasteiger partial charge in [0.25, 0.3) is 5.91 Å². The predicted molar refractivity (Wildman–Crippen MR) is 74.7 cm³/mol. The highest BCUT2D eigenvalue weighted by atomic mass is 16.1. The molecule has 1 atom stereocenters. The Labute approximate surface area is 113 Å². The summed E-state index contributed by atoms with van der Waals surface area (Å²) in [5.74, 6) is 0.235. The zero-order valence-corrected chi connectivity index (χ0v) is 11.5. The van der Waals surface area contributed by atoms with Gasteiger partial charge in [0, 0.05) is 13.2 Å². The van der Waals surface area contributed by atoms with Crippen molar-refractivity contribution in [1.82, 2.24) is 15.1 Å². The molecular weight excluding hydrogens is 238 g/mol. The second-order valence-electron chi connectivity index (χ2n) is 5.01. The predicted octanol–water partition coefficient (Wildman–Crippen LogP) is 2.55. The number of aromatic nitrogens is 2. The number of nitrogens with one attached hydrogen (secondary N) is 1. The van der Waals surface area contributed by atoms with Gasteiger partial charge in [-0.05, 0) is 11.5 Å². The van der Waals surface area contributed by atoms with Gasteiger partial charge in [0.05, 0.1) is 17.8 Å². The summed E-state index contributed by atoms with van der Waals surface area (Å²) in [5.41, 5.74) is 1.71. The summed E-state index contributed by atoms with van der Waals surface area (Å²) in [5, 5.41) is 7.09. The Morgan fingerprint density at radius 2 is 1.95 bits per heavy atom. The normalized spacial score (nSPS) is 12.4. The van der Waals surface area contributed by atoms with Crippen molar-refractivity contribution in [2.24, 2.45) is 13.0 Å². The van der Waals surface area contributed by atoms with E-state index in [0.29, 0.717) is 11.5 Å². The molecule has 1 N–H and O–H groups in total. The maximum atomic E-state index is 12.2. The van der Waals surface area contributed by atoms with Crippen LogP contribution in [0.2, 0.25) is 0 Å². The molecular formula is C15H19N3O. The van der Waals surface area contributed by atoms with E-state index in [-0.39, 0.29) is 11.9 Å². The van der Waals surface area contributed by atoms with Crippen molar-refractivity contribution in [3.63, 3.8) is 0 Å². The van der Waals surface area contributed by atoms with Gasteiger partial charge in [0.15, 0.2) is 0 Å². The molecule has 0 aliphatic heterocycles. The number of nitrogens with zero attached hydrogens (tertiary/aromatic N) is 2. The van der Waals surface area contributed by atoms with E-state index in [2.05, 4.69) is 24.3 Å². The zero-order chi connectivity index (χ0) is 13.8. The number of hydrogen-bond donors (Lipinski definition) is 1. The van der Waals surface area contributed by atoms with Crippen LogP contribution in [0, 0.1) is 5.92 Å². The van der Waals surface area contributed by atoms with Crippen LogP contribution in [0.5, 0.6) is 0 Å². The molecule has 4 heteroatoms. The van der Waals surface area contributed by atoms with Crippen LogP contribution in [-0.2, 0) is 7.05 Å². The van der Waals surface area contributed by atoms with Crippen LogP contribution in [0.4, 0.5) is 0 Å². The standard InChI is InChI=1S/C15H19N3O/c1-11(2)14(12-7-5-4-6-8-12)17-15(19)13-9-16-18(3)10-13/h4-11,14H,1-3H3,(H,17,19)/t14-/m1/s1. The van der Waals surface area contributed by atoms with Gasteiger partial charge in [0.2, 0.25) is 0 Å². The minimum Gasteiger partial charge on any atom is -0.345 e. The van der Waals surface area contributed by atoms with Crippen molar-refractivity contribution in [2.75, 3.05) is 0 Å². The van der Waals surface area contributed by atoms with Crippen molar-refractivity contribution in [3.05, 3.63) is 53.9 Å². The number of carbonyl (C=O) groups is 1. The van der Waals surface area contributed by atoms with Gasteiger partial charge in [-0.15, -0.1) is 0 Å². The summed E-state index contributed by atoms with van der Waals surface area (Å²) in [7, 11) is 1.80. The molecule has 1 amide bonds. The van der Waals surface area contributed by atoms with E-state index < -0.39 is 0 Å². The van der Waals surface area contributed by atoms with Crippen LogP contribution in [0.25, 0.3) is 0 Å². The molecule has 0 bridgehead atoms. The average molecular weight is 257 g/mol. The Balaban J connectivity index is 2.16. The van der Waals surface area contributed by atoms with Crippen LogP contribution in [0.15, 0.2) is 42.7 Å². The van der Waals surface area contributed by atoms with Gasteiger partial charge in [-0.25, -0.2) is 0 Å². The molecule has 0 aliphatic carbocycles. The van der Waals surface area contributed by atoms with Gasteiger partial charge in [-0.3, -0.25) is 9.48 Å². The van der Waals surface area contributed by atoms with Gasteiger partial charge >= 0.3 is 0 Å². The Hall–Kier alpha value is -2.10. The first-order valence-electron chi connectivity index (χ1n) is 6.42. The quantitative estimate of drug-likeness (QED) is 0.915. The molecule has 1 aromatic carbocycles. The zero-order valence-electron chi connectivity index (χ0n) is 11.5. The molecule has 4 nitrogen and oxygen atoms in total. The van der Waals surface area contributed by atoms with Gasteiger partial charge < -0.3 is 5.32 Å². The van der Waals surface area contributed by atoms with E-state index >= 15 is 0 Å². The van der Waals surface area contributed by atoms with Crippen LogP contribution in [0.3, 0.4) is 0 Å². The second-order valence-corrected chi connectivity index (χ2v) is 5.01. The fraction of sp³-hybridized carbons (Fsp3) is 0.333. The fourth-order valence-corrected chi connectivity index (χ4v) is 2.06. The molecule has 0 fully saturated rings. The van der Waals surface area contributed by atoms with Gasteiger partial charge in [-0.1, -0.05) is 44.2 Å². The number of aryl methyl sites for hydroxylation is 1. The molecule has 0 saturated carbocycles. The van der Waals surface area contributed by atoms with Crippen LogP contribution in [-0.4, -0.2) is 15.7 Å². The number of rotatable bonds is 4. The highest BCUT2D eigenvalue weighted by Gasteiger charge is 2.19. The molecule has 19 heavy (non-hydrogen) atoms. The average Bonchev–Trinajstić information content (AvgIpc) is 2.83. The van der Waals surface area contributed by atoms with Crippen molar-refractivity contribution in [3.8, 4) is 0 Å². The first-order chi connectivity index (χ1) is 9.08. The third-order valence-corrected chi connectivity index (χ3v) is 3.08. The van der Waals surface area contributed by atoms with E-state index in [0.717, 1.165) is 5.56 Å². The minimum atomic E-state index is -0.0874. The highest BCUT2D eigenvalue weighted by molar-refractivity contribution is 5.93. The third-order valence-electron chi connectivity index (χ3n) is 3.08. The lowest BCUT2D eigenvalue weighted by molar-refractivity contribution is 0.0925. The highest BCUT2D eigenvalue weighted by Crippen LogP contribution is 2.21. The summed E-state index contributed by atoms with van der Waals surface area (Å²) in [6.07, 6.45) is 3.30. The van der Waals surface area contributed by atoms with Crippen molar-refractivity contribution in [1.29, 1.82) is 0 Å². The number of hydrogen-bond acceptors (Lipinski definition) is 2. The Morgan fingerprint density at radius 3 is 2.47 bits per heavy atom. The summed E-state index contributed by atoms with van der Waals surface area (Å²) in [6.45, 7) is 4.20. The van der Waals surface area contributed by atoms with E-state index in [1.807, 2.05) is 30.3 Å². The molecule has 2 aromatic rings. The Bertz CT molecular complexity index is 546. The monoisotopic (exact) mass is 257 g/mol. The lowest BCUT2D eigenvalue weighted by atomic mass is 9.96. The number of benzene rings is 1. The van der Waals surface area contributed by atoms with Crippen LogP contribution in [0.1, 0.15) is 35.8 Å². The molecule has 1 heterocycles. The van der Waals surface area contributed by atoms with Crippen molar-refractivity contribution < 1.29 is 4.79 Å². The first-order valence-corrected chi connectivity index (χ1v) is 6.42. The second kappa shape index (κ2) is 5.69. The number of amides is 1. The molecule has 0 saturated heterocycles. The summed E-state index contributed by atoms with van der Waals surface area (Å²) in [6, 6.07) is 10.0. The molecule has 100 valence electrons. The molecule has 2 rings (SSSR count). The minimum absolute atomic E-state index is 0.00825. The maximum Gasteiger partial charge on any atom is 0.254 e. The van der Waals surface area contributed by atoms with E-state index in [9.17, 15) is 4.79 Å². The molecule has 0 spiro atoms. The van der Waals surface area contributed by atoms with E-state index in [4.69, 9.17) is 0 Å². The molecule has 0 aliphatic rings. The smallest absolute Gasteiger partial charge is 0.254 e. The molecule has 1 aromatic heterocycles. The van der Waals surface area contributed by atoms with E-state index in [1.165, 1.54) is 0 Å². The van der Waals surface area contributed by atoms with Crippen LogP contribution < -0.4 is 5.32 Å². The lowest BCUT2D eigenvalue weighted by Gasteiger charge is -2.22. The SMILES string of the molecule is CC(C)[C@@H](NC(=O)c1cnn(C)c1)c1ccccc1. The van der Waals surface area contributed by atoms with E-state index in [1.54, 1.807) is 24.1 Å². The Morgan fingerprint density at radius 1 is 1.26 bits per heavy atom. The Kier molecular flexibility index (Phi) is 4.00. The fourth-order valence-electron chi connectivity index (χ4n) is 2.06. The summed E-state index contributed by atoms with van der Waals surface area (Å²) in [4.78, 5) is 12.2. The topological polar surface area (TPSA) is 46.9 Å². The van der Waals surface area contributed by atoms with Crippen molar-refractivity contribution >= 4 is 5.91 Å². The van der Waals surface area contributed by atoms with Crippen LogP contribution >= 0.6 is 0 Å². The maximum absolute atomic E-state index is 12.2. The van der Waals surface area contributed by atoms with Gasteiger partial charge in [-0.2, -0.15) is 5.10 Å². The summed E-state index contributed by atoms with van der Waals surface area (Å²) >= 11 is 0. The lowest BCUT2D eigenvalue weighted by Crippen LogP contribution is -2.31. The number of carbonyl (C=O) groups excluding carboxylic acids is 1.